The molecular weight excluding hydrogens is 312 g/mol. The second kappa shape index (κ2) is 5.89. The molecule has 0 spiro atoms. The van der Waals surface area contributed by atoms with Gasteiger partial charge in [-0.2, -0.15) is 0 Å². The van der Waals surface area contributed by atoms with E-state index in [0.29, 0.717) is 24.5 Å². The number of hydrogen-bond acceptors (Lipinski definition) is 3. The largest absolute Gasteiger partial charge is 0.493 e. The molecule has 136 valence electrons. The van der Waals surface area contributed by atoms with Crippen molar-refractivity contribution in [3.8, 4) is 11.5 Å². The fourth-order valence-electron chi connectivity index (χ4n) is 4.71. The summed E-state index contributed by atoms with van der Waals surface area (Å²) >= 11 is 0. The second-order valence-electron chi connectivity index (χ2n) is 8.66. The molecule has 0 saturated heterocycles. The van der Waals surface area contributed by atoms with Crippen molar-refractivity contribution in [1.29, 1.82) is 0 Å². The Hall–Kier alpha value is -1.77. The predicted molar refractivity (Wildman–Crippen MR) is 102 cm³/mol. The molecule has 3 heteroatoms. The first-order chi connectivity index (χ1) is 11.7. The number of ether oxygens (including phenoxy) is 2. The fraction of sp³-hybridized carbons (Fsp3) is 0.591. The number of benzene rings is 1. The molecular formula is C22H30O3. The second-order valence-corrected chi connectivity index (χ2v) is 8.66. The van der Waals surface area contributed by atoms with Crippen LogP contribution < -0.4 is 9.47 Å². The van der Waals surface area contributed by atoms with Crippen LogP contribution in [0.25, 0.3) is 6.08 Å². The summed E-state index contributed by atoms with van der Waals surface area (Å²) in [4.78, 5) is 12.5. The lowest BCUT2D eigenvalue weighted by Gasteiger charge is -2.53. The summed E-state index contributed by atoms with van der Waals surface area (Å²) in [5.74, 6) is 2.40. The molecule has 2 aliphatic rings. The number of carbonyl (C=O) groups excluding carboxylic acids is 1. The zero-order chi connectivity index (χ0) is 18.6. The molecule has 1 fully saturated rings. The molecule has 0 heterocycles. The van der Waals surface area contributed by atoms with Crippen molar-refractivity contribution in [2.24, 2.45) is 10.8 Å². The quantitative estimate of drug-likeness (QED) is 0.744. The third-order valence-electron chi connectivity index (χ3n) is 6.58. The van der Waals surface area contributed by atoms with E-state index in [1.807, 2.05) is 0 Å². The van der Waals surface area contributed by atoms with Crippen molar-refractivity contribution in [3.63, 3.8) is 0 Å². The number of allylic oxidation sites excluding steroid dienone is 1. The average Bonchev–Trinajstić information content (AvgIpc) is 2.53. The third-order valence-corrected chi connectivity index (χ3v) is 6.58. The van der Waals surface area contributed by atoms with Crippen LogP contribution in [0.4, 0.5) is 0 Å². The van der Waals surface area contributed by atoms with Crippen LogP contribution in [0.15, 0.2) is 12.1 Å². The number of ketones is 1. The smallest absolute Gasteiger partial charge is 0.165 e. The highest BCUT2D eigenvalue weighted by Crippen LogP contribution is 2.62. The Morgan fingerprint density at radius 3 is 2.32 bits per heavy atom. The predicted octanol–water partition coefficient (Wildman–Crippen LogP) is 5.33. The highest BCUT2D eigenvalue weighted by atomic mass is 16.5. The van der Waals surface area contributed by atoms with Crippen molar-refractivity contribution in [3.05, 3.63) is 28.8 Å². The standard InChI is InChI=1S/C22H30O3/c1-13(2)16-10-14-8-9-22(5)17(11-15(23)12-21(22,3)4)18(14)20(25-7)19(16)24-6/h8-10,13,17H,11-12H2,1-7H3/t17-,22+/m1/s1. The summed E-state index contributed by atoms with van der Waals surface area (Å²) in [7, 11) is 3.40. The van der Waals surface area contributed by atoms with E-state index in [0.717, 1.165) is 28.2 Å². The number of Topliss-reactive ketones (excluding diaryl/α,β-unsaturated/α-hetero) is 1. The summed E-state index contributed by atoms with van der Waals surface area (Å²) in [6, 6.07) is 2.21. The van der Waals surface area contributed by atoms with Crippen LogP contribution in [-0.4, -0.2) is 20.0 Å². The average molecular weight is 342 g/mol. The number of carbonyl (C=O) groups is 1. The summed E-state index contributed by atoms with van der Waals surface area (Å²) < 4.78 is 11.6. The highest BCUT2D eigenvalue weighted by Gasteiger charge is 2.53. The van der Waals surface area contributed by atoms with Gasteiger partial charge in [-0.15, -0.1) is 0 Å². The van der Waals surface area contributed by atoms with Gasteiger partial charge in [0.1, 0.15) is 5.78 Å². The van der Waals surface area contributed by atoms with Crippen molar-refractivity contribution in [2.75, 3.05) is 14.2 Å². The lowest BCUT2D eigenvalue weighted by atomic mass is 9.50. The first-order valence-corrected chi connectivity index (χ1v) is 9.16. The minimum absolute atomic E-state index is 0.0778. The molecule has 0 bridgehead atoms. The molecule has 2 atom stereocenters. The first kappa shape index (κ1) is 18.0. The minimum atomic E-state index is -0.0871. The first-order valence-electron chi connectivity index (χ1n) is 9.16. The van der Waals surface area contributed by atoms with Crippen LogP contribution in [0.5, 0.6) is 11.5 Å². The van der Waals surface area contributed by atoms with Gasteiger partial charge in [-0.1, -0.05) is 46.8 Å². The van der Waals surface area contributed by atoms with Gasteiger partial charge in [0.2, 0.25) is 0 Å². The van der Waals surface area contributed by atoms with Crippen LogP contribution in [0, 0.1) is 10.8 Å². The number of hydrogen-bond donors (Lipinski definition) is 0. The van der Waals surface area contributed by atoms with Crippen LogP contribution in [0.2, 0.25) is 0 Å². The zero-order valence-corrected chi connectivity index (χ0v) is 16.5. The van der Waals surface area contributed by atoms with E-state index < -0.39 is 0 Å². The summed E-state index contributed by atoms with van der Waals surface area (Å²) in [6.45, 7) is 11.0. The maximum absolute atomic E-state index is 12.5. The van der Waals surface area contributed by atoms with Crippen LogP contribution in [0.3, 0.4) is 0 Å². The lowest BCUT2D eigenvalue weighted by molar-refractivity contribution is -0.128. The number of fused-ring (bicyclic) bond motifs is 3. The van der Waals surface area contributed by atoms with Gasteiger partial charge in [-0.3, -0.25) is 4.79 Å². The highest BCUT2D eigenvalue weighted by molar-refractivity contribution is 5.84. The zero-order valence-electron chi connectivity index (χ0n) is 16.5. The fourth-order valence-corrected chi connectivity index (χ4v) is 4.71. The van der Waals surface area contributed by atoms with Gasteiger partial charge >= 0.3 is 0 Å². The Bertz CT molecular complexity index is 742. The summed E-state index contributed by atoms with van der Waals surface area (Å²) in [5.41, 5.74) is 3.28. The van der Waals surface area contributed by atoms with Gasteiger partial charge in [-0.25, -0.2) is 0 Å². The van der Waals surface area contributed by atoms with E-state index in [-0.39, 0.29) is 16.7 Å². The lowest BCUT2D eigenvalue weighted by Crippen LogP contribution is -2.46. The van der Waals surface area contributed by atoms with E-state index in [4.69, 9.17) is 9.47 Å². The normalized spacial score (nSPS) is 27.0. The van der Waals surface area contributed by atoms with Gasteiger partial charge in [0.25, 0.3) is 0 Å². The SMILES string of the molecule is COc1c(C(C)C)cc2c(c1OC)[C@H]1CC(=O)CC(C)(C)[C@@]1(C)C=C2. The Balaban J connectivity index is 2.30. The molecule has 1 aromatic carbocycles. The van der Waals surface area contributed by atoms with Crippen molar-refractivity contribution >= 4 is 11.9 Å². The Morgan fingerprint density at radius 2 is 1.76 bits per heavy atom. The van der Waals surface area contributed by atoms with Gasteiger partial charge in [0.05, 0.1) is 14.2 Å². The molecule has 25 heavy (non-hydrogen) atoms. The van der Waals surface area contributed by atoms with E-state index in [1.54, 1.807) is 14.2 Å². The maximum Gasteiger partial charge on any atom is 0.165 e. The van der Waals surface area contributed by atoms with E-state index in [1.165, 1.54) is 0 Å². The Kier molecular flexibility index (Phi) is 4.25. The molecule has 3 nitrogen and oxygen atoms in total. The van der Waals surface area contributed by atoms with Crippen molar-refractivity contribution in [1.82, 2.24) is 0 Å². The topological polar surface area (TPSA) is 35.5 Å². The van der Waals surface area contributed by atoms with Gasteiger partial charge < -0.3 is 9.47 Å². The van der Waals surface area contributed by atoms with Gasteiger partial charge in [0.15, 0.2) is 11.5 Å². The molecule has 2 aliphatic carbocycles. The summed E-state index contributed by atoms with van der Waals surface area (Å²) in [6.07, 6.45) is 5.74. The van der Waals surface area contributed by atoms with E-state index in [2.05, 4.69) is 52.8 Å². The molecule has 3 rings (SSSR count). The van der Waals surface area contributed by atoms with Crippen LogP contribution >= 0.6 is 0 Å². The Labute approximate surface area is 151 Å². The van der Waals surface area contributed by atoms with E-state index >= 15 is 0 Å². The van der Waals surface area contributed by atoms with Crippen LogP contribution in [-0.2, 0) is 4.79 Å². The van der Waals surface area contributed by atoms with Crippen molar-refractivity contribution in [2.45, 2.75) is 59.3 Å². The maximum atomic E-state index is 12.5. The monoisotopic (exact) mass is 342 g/mol. The molecule has 0 unspecified atom stereocenters. The summed E-state index contributed by atoms with van der Waals surface area (Å²) in [5, 5.41) is 0. The number of methoxy groups -OCH3 is 2. The number of rotatable bonds is 3. The van der Waals surface area contributed by atoms with Crippen molar-refractivity contribution < 1.29 is 14.3 Å². The van der Waals surface area contributed by atoms with Gasteiger partial charge in [0, 0.05) is 29.9 Å². The van der Waals surface area contributed by atoms with Gasteiger partial charge in [-0.05, 0) is 28.4 Å². The molecule has 1 aromatic rings. The third kappa shape index (κ3) is 2.51. The molecule has 1 saturated carbocycles. The molecule has 0 aromatic heterocycles. The van der Waals surface area contributed by atoms with Crippen LogP contribution in [0.1, 0.15) is 76.0 Å². The minimum Gasteiger partial charge on any atom is -0.493 e. The Morgan fingerprint density at radius 1 is 1.12 bits per heavy atom. The van der Waals surface area contributed by atoms with E-state index in [9.17, 15) is 4.79 Å². The molecule has 0 amide bonds. The molecule has 0 N–H and O–H groups in total. The molecule has 0 radical (unpaired) electrons. The molecule has 0 aliphatic heterocycles.